The summed E-state index contributed by atoms with van der Waals surface area (Å²) in [5.74, 6) is 0.0398. The van der Waals surface area contributed by atoms with Gasteiger partial charge in [-0.1, -0.05) is 24.3 Å². The van der Waals surface area contributed by atoms with Crippen molar-refractivity contribution in [2.45, 2.75) is 0 Å². The van der Waals surface area contributed by atoms with E-state index in [-0.39, 0.29) is 5.91 Å². The standard InChI is InChI=1S/C22H17BrN2O4/c1-28-20-9-5-3-7-18(20)21(26)25-24-14-15-10-12-16(13-11-15)29-22(27)17-6-2-4-8-19(17)23/h2-14H,1H3,(H,25,26)/b24-14+. The molecule has 0 bridgehead atoms. The molecule has 7 heteroatoms. The van der Waals surface area contributed by atoms with Gasteiger partial charge in [0.15, 0.2) is 0 Å². The average Bonchev–Trinajstić information content (AvgIpc) is 2.75. The number of hydrogen-bond acceptors (Lipinski definition) is 5. The van der Waals surface area contributed by atoms with Gasteiger partial charge in [0.1, 0.15) is 11.5 Å². The molecule has 0 saturated heterocycles. The maximum Gasteiger partial charge on any atom is 0.344 e. The van der Waals surface area contributed by atoms with Crippen LogP contribution >= 0.6 is 15.9 Å². The van der Waals surface area contributed by atoms with E-state index in [0.717, 1.165) is 5.56 Å². The third kappa shape index (κ3) is 5.30. The van der Waals surface area contributed by atoms with Crippen LogP contribution in [0.25, 0.3) is 0 Å². The number of nitrogens with zero attached hydrogens (tertiary/aromatic N) is 1. The Kier molecular flexibility index (Phi) is 6.76. The second-order valence-corrected chi connectivity index (χ2v) is 6.69. The van der Waals surface area contributed by atoms with Crippen molar-refractivity contribution in [3.63, 3.8) is 0 Å². The number of hydrogen-bond donors (Lipinski definition) is 1. The molecular weight excluding hydrogens is 436 g/mol. The Morgan fingerprint density at radius 2 is 1.59 bits per heavy atom. The van der Waals surface area contributed by atoms with Gasteiger partial charge in [0.2, 0.25) is 0 Å². The molecule has 0 radical (unpaired) electrons. The Bertz CT molecular complexity index is 1050. The fourth-order valence-corrected chi connectivity index (χ4v) is 2.92. The number of hydrazone groups is 1. The topological polar surface area (TPSA) is 77.0 Å². The van der Waals surface area contributed by atoms with Crippen LogP contribution in [0.4, 0.5) is 0 Å². The number of rotatable bonds is 6. The number of nitrogens with one attached hydrogen (secondary N) is 1. The van der Waals surface area contributed by atoms with Gasteiger partial charge in [-0.3, -0.25) is 4.79 Å². The van der Waals surface area contributed by atoms with Crippen LogP contribution in [-0.2, 0) is 0 Å². The fraction of sp³-hybridized carbons (Fsp3) is 0.0455. The van der Waals surface area contributed by atoms with E-state index in [4.69, 9.17) is 9.47 Å². The second-order valence-electron chi connectivity index (χ2n) is 5.84. The molecule has 0 fully saturated rings. The number of para-hydroxylation sites is 1. The molecule has 0 spiro atoms. The van der Waals surface area contributed by atoms with Crippen LogP contribution in [0.1, 0.15) is 26.3 Å². The lowest BCUT2D eigenvalue weighted by atomic mass is 10.2. The minimum absolute atomic E-state index is 0.377. The predicted octanol–water partition coefficient (Wildman–Crippen LogP) is 4.44. The highest BCUT2D eigenvalue weighted by Gasteiger charge is 2.12. The van der Waals surface area contributed by atoms with Crippen LogP contribution in [0.15, 0.2) is 82.4 Å². The molecule has 0 heterocycles. The first kappa shape index (κ1) is 20.3. The molecule has 1 N–H and O–H groups in total. The highest BCUT2D eigenvalue weighted by Crippen LogP contribution is 2.19. The van der Waals surface area contributed by atoms with Crippen molar-refractivity contribution in [1.82, 2.24) is 5.43 Å². The molecule has 3 aromatic rings. The van der Waals surface area contributed by atoms with Crippen molar-refractivity contribution >= 4 is 34.0 Å². The van der Waals surface area contributed by atoms with Crippen molar-refractivity contribution in [1.29, 1.82) is 0 Å². The molecule has 1 amide bonds. The summed E-state index contributed by atoms with van der Waals surface area (Å²) < 4.78 is 11.2. The van der Waals surface area contributed by atoms with Crippen molar-refractivity contribution in [3.05, 3.63) is 94.0 Å². The van der Waals surface area contributed by atoms with Crippen LogP contribution in [-0.4, -0.2) is 25.2 Å². The molecule has 29 heavy (non-hydrogen) atoms. The lowest BCUT2D eigenvalue weighted by Crippen LogP contribution is -2.18. The molecule has 0 unspecified atom stereocenters. The lowest BCUT2D eigenvalue weighted by molar-refractivity contribution is 0.0733. The third-order valence-corrected chi connectivity index (χ3v) is 4.61. The highest BCUT2D eigenvalue weighted by molar-refractivity contribution is 9.10. The van der Waals surface area contributed by atoms with E-state index in [1.54, 1.807) is 66.7 Å². The monoisotopic (exact) mass is 452 g/mol. The quantitative estimate of drug-likeness (QED) is 0.259. The Labute approximate surface area is 176 Å². The van der Waals surface area contributed by atoms with Gasteiger partial charge < -0.3 is 9.47 Å². The summed E-state index contributed by atoms with van der Waals surface area (Å²) in [6, 6.07) is 20.7. The molecule has 0 atom stereocenters. The van der Waals surface area contributed by atoms with E-state index < -0.39 is 5.97 Å². The van der Waals surface area contributed by atoms with Gasteiger partial charge in [-0.15, -0.1) is 0 Å². The second kappa shape index (κ2) is 9.66. The summed E-state index contributed by atoms with van der Waals surface area (Å²) in [5.41, 5.74) is 4.02. The average molecular weight is 453 g/mol. The van der Waals surface area contributed by atoms with E-state index in [1.807, 2.05) is 6.07 Å². The smallest absolute Gasteiger partial charge is 0.344 e. The van der Waals surface area contributed by atoms with Crippen molar-refractivity contribution in [2.24, 2.45) is 5.10 Å². The number of esters is 1. The van der Waals surface area contributed by atoms with Gasteiger partial charge in [-0.25, -0.2) is 10.2 Å². The Hall–Kier alpha value is -3.45. The normalized spacial score (nSPS) is 10.6. The predicted molar refractivity (Wildman–Crippen MR) is 114 cm³/mol. The van der Waals surface area contributed by atoms with E-state index in [0.29, 0.717) is 27.1 Å². The molecule has 0 aliphatic carbocycles. The number of benzene rings is 3. The van der Waals surface area contributed by atoms with E-state index in [9.17, 15) is 9.59 Å². The molecule has 0 aliphatic rings. The largest absolute Gasteiger partial charge is 0.496 e. The highest BCUT2D eigenvalue weighted by atomic mass is 79.9. The van der Waals surface area contributed by atoms with Crippen molar-refractivity contribution < 1.29 is 19.1 Å². The maximum absolute atomic E-state index is 12.2. The molecule has 3 rings (SSSR count). The van der Waals surface area contributed by atoms with Crippen molar-refractivity contribution in [3.8, 4) is 11.5 Å². The number of amides is 1. The fourth-order valence-electron chi connectivity index (χ4n) is 2.47. The van der Waals surface area contributed by atoms with E-state index >= 15 is 0 Å². The third-order valence-electron chi connectivity index (χ3n) is 3.92. The maximum atomic E-state index is 12.2. The summed E-state index contributed by atoms with van der Waals surface area (Å²) in [6.07, 6.45) is 1.49. The van der Waals surface area contributed by atoms with Crippen molar-refractivity contribution in [2.75, 3.05) is 7.11 Å². The molecule has 146 valence electrons. The Morgan fingerprint density at radius 3 is 2.28 bits per heavy atom. The van der Waals surface area contributed by atoms with Crippen LogP contribution in [0.5, 0.6) is 11.5 Å². The van der Waals surface area contributed by atoms with Crippen LogP contribution in [0.3, 0.4) is 0 Å². The number of ether oxygens (including phenoxy) is 2. The minimum atomic E-state index is -0.456. The van der Waals surface area contributed by atoms with Gasteiger partial charge in [0.25, 0.3) is 5.91 Å². The Morgan fingerprint density at radius 1 is 0.931 bits per heavy atom. The molecule has 0 aromatic heterocycles. The number of halogens is 1. The minimum Gasteiger partial charge on any atom is -0.496 e. The van der Waals surface area contributed by atoms with Crippen LogP contribution in [0, 0.1) is 0 Å². The lowest BCUT2D eigenvalue weighted by Gasteiger charge is -2.06. The first-order valence-corrected chi connectivity index (χ1v) is 9.41. The molecule has 0 saturated carbocycles. The molecular formula is C22H17BrN2O4. The summed E-state index contributed by atoms with van der Waals surface area (Å²) in [5, 5.41) is 3.95. The van der Waals surface area contributed by atoms with E-state index in [2.05, 4.69) is 26.5 Å². The number of carbonyl (C=O) groups excluding carboxylic acids is 2. The molecule has 0 aliphatic heterocycles. The van der Waals surface area contributed by atoms with Crippen LogP contribution < -0.4 is 14.9 Å². The van der Waals surface area contributed by atoms with Gasteiger partial charge in [0, 0.05) is 4.47 Å². The van der Waals surface area contributed by atoms with Gasteiger partial charge >= 0.3 is 5.97 Å². The summed E-state index contributed by atoms with van der Waals surface area (Å²) in [7, 11) is 1.50. The van der Waals surface area contributed by atoms with Crippen LogP contribution in [0.2, 0.25) is 0 Å². The van der Waals surface area contributed by atoms with Gasteiger partial charge in [-0.2, -0.15) is 5.10 Å². The number of methoxy groups -OCH3 is 1. The zero-order valence-corrected chi connectivity index (χ0v) is 17.0. The zero-order chi connectivity index (χ0) is 20.6. The first-order valence-electron chi connectivity index (χ1n) is 8.61. The first-order chi connectivity index (χ1) is 14.1. The Balaban J connectivity index is 1.60. The van der Waals surface area contributed by atoms with Gasteiger partial charge in [-0.05, 0) is 70.0 Å². The summed E-state index contributed by atoms with van der Waals surface area (Å²) >= 11 is 3.33. The van der Waals surface area contributed by atoms with Gasteiger partial charge in [0.05, 0.1) is 24.5 Å². The molecule has 3 aromatic carbocycles. The summed E-state index contributed by atoms with van der Waals surface area (Å²) in [6.45, 7) is 0. The van der Waals surface area contributed by atoms with E-state index in [1.165, 1.54) is 13.3 Å². The molecule has 6 nitrogen and oxygen atoms in total. The number of carbonyl (C=O) groups is 2. The SMILES string of the molecule is COc1ccccc1C(=O)N/N=C/c1ccc(OC(=O)c2ccccc2Br)cc1. The zero-order valence-electron chi connectivity index (χ0n) is 15.5. The summed E-state index contributed by atoms with van der Waals surface area (Å²) in [4.78, 5) is 24.4.